The van der Waals surface area contributed by atoms with Gasteiger partial charge in [0.05, 0.1) is 6.20 Å². The van der Waals surface area contributed by atoms with E-state index < -0.39 is 0 Å². The van der Waals surface area contributed by atoms with Crippen LogP contribution >= 0.6 is 0 Å². The molecule has 1 aliphatic carbocycles. The van der Waals surface area contributed by atoms with Gasteiger partial charge in [-0.3, -0.25) is 9.59 Å². The van der Waals surface area contributed by atoms with Gasteiger partial charge in [0.1, 0.15) is 0 Å². The minimum absolute atomic E-state index is 0.0533. The summed E-state index contributed by atoms with van der Waals surface area (Å²) in [5.74, 6) is 1.17. The summed E-state index contributed by atoms with van der Waals surface area (Å²) in [6.07, 6.45) is 4.19. The molecule has 0 radical (unpaired) electrons. The summed E-state index contributed by atoms with van der Waals surface area (Å²) in [6.45, 7) is 2.41. The van der Waals surface area contributed by atoms with E-state index in [2.05, 4.69) is 22.5 Å². The molecule has 1 heterocycles. The van der Waals surface area contributed by atoms with E-state index in [4.69, 9.17) is 4.42 Å². The van der Waals surface area contributed by atoms with E-state index in [9.17, 15) is 9.59 Å². The summed E-state index contributed by atoms with van der Waals surface area (Å²) in [5.41, 5.74) is 1.53. The first-order valence-corrected chi connectivity index (χ1v) is 7.70. The van der Waals surface area contributed by atoms with Crippen LogP contribution in [0.3, 0.4) is 0 Å². The van der Waals surface area contributed by atoms with Crippen LogP contribution in [0.1, 0.15) is 19.8 Å². The molecular formula is C17H19N3O3. The number of amides is 2. The molecule has 2 atom stereocenters. The van der Waals surface area contributed by atoms with Crippen molar-refractivity contribution in [1.82, 2.24) is 10.3 Å². The van der Waals surface area contributed by atoms with E-state index in [0.717, 1.165) is 12.0 Å². The van der Waals surface area contributed by atoms with Gasteiger partial charge in [0.2, 0.25) is 11.8 Å². The van der Waals surface area contributed by atoms with Crippen molar-refractivity contribution in [2.45, 2.75) is 19.8 Å². The third kappa shape index (κ3) is 3.97. The van der Waals surface area contributed by atoms with E-state index in [1.54, 1.807) is 6.20 Å². The Morgan fingerprint density at radius 1 is 1.39 bits per heavy atom. The molecule has 1 aliphatic rings. The molecule has 0 spiro atoms. The van der Waals surface area contributed by atoms with Gasteiger partial charge in [0.25, 0.3) is 0 Å². The fraction of sp³-hybridized carbons (Fsp3) is 0.353. The van der Waals surface area contributed by atoms with Gasteiger partial charge in [-0.2, -0.15) is 0 Å². The van der Waals surface area contributed by atoms with Crippen molar-refractivity contribution >= 4 is 17.5 Å². The van der Waals surface area contributed by atoms with Crippen LogP contribution in [0.4, 0.5) is 5.69 Å². The summed E-state index contributed by atoms with van der Waals surface area (Å²) in [7, 11) is 0. The number of oxazole rings is 1. The molecule has 2 amide bonds. The van der Waals surface area contributed by atoms with E-state index in [-0.39, 0.29) is 24.2 Å². The van der Waals surface area contributed by atoms with Crippen LogP contribution in [-0.4, -0.2) is 23.3 Å². The van der Waals surface area contributed by atoms with E-state index in [1.165, 1.54) is 6.39 Å². The smallest absolute Gasteiger partial charge is 0.226 e. The normalized spacial score (nSPS) is 19.2. The molecule has 1 aromatic heterocycles. The van der Waals surface area contributed by atoms with Crippen molar-refractivity contribution in [1.29, 1.82) is 0 Å². The largest absolute Gasteiger partial charge is 0.444 e. The maximum absolute atomic E-state index is 11.9. The van der Waals surface area contributed by atoms with Crippen LogP contribution in [0.5, 0.6) is 0 Å². The van der Waals surface area contributed by atoms with Gasteiger partial charge < -0.3 is 15.1 Å². The minimum Gasteiger partial charge on any atom is -0.444 e. The lowest BCUT2D eigenvalue weighted by Gasteiger charge is -2.07. The summed E-state index contributed by atoms with van der Waals surface area (Å²) in [4.78, 5) is 27.5. The minimum atomic E-state index is -0.135. The van der Waals surface area contributed by atoms with Crippen molar-refractivity contribution in [3.63, 3.8) is 0 Å². The SMILES string of the molecule is C[C@@H]1C[C@@H]1C(=O)NCCC(=O)Nc1cccc(-c2cnco2)c1. The lowest BCUT2D eigenvalue weighted by molar-refractivity contribution is -0.122. The van der Waals surface area contributed by atoms with Gasteiger partial charge >= 0.3 is 0 Å². The highest BCUT2D eigenvalue weighted by Gasteiger charge is 2.38. The van der Waals surface area contributed by atoms with Crippen molar-refractivity contribution < 1.29 is 14.0 Å². The molecule has 0 aliphatic heterocycles. The first-order chi connectivity index (χ1) is 11.1. The monoisotopic (exact) mass is 313 g/mol. The highest BCUT2D eigenvalue weighted by atomic mass is 16.3. The number of carbonyl (C=O) groups excluding carboxylic acids is 2. The zero-order chi connectivity index (χ0) is 16.2. The van der Waals surface area contributed by atoms with Gasteiger partial charge in [0, 0.05) is 30.1 Å². The average molecular weight is 313 g/mol. The quantitative estimate of drug-likeness (QED) is 0.858. The Kier molecular flexibility index (Phi) is 4.41. The molecule has 6 nitrogen and oxygen atoms in total. The predicted octanol–water partition coefficient (Wildman–Crippen LogP) is 2.44. The number of anilines is 1. The highest BCUT2D eigenvalue weighted by molar-refractivity contribution is 5.92. The molecule has 0 unspecified atom stereocenters. The van der Waals surface area contributed by atoms with Crippen molar-refractivity contribution in [2.75, 3.05) is 11.9 Å². The number of benzene rings is 1. The number of rotatable bonds is 6. The Morgan fingerprint density at radius 3 is 2.91 bits per heavy atom. The van der Waals surface area contributed by atoms with Crippen LogP contribution in [0.15, 0.2) is 41.3 Å². The number of hydrogen-bond acceptors (Lipinski definition) is 4. The number of aromatic nitrogens is 1. The van der Waals surface area contributed by atoms with Crippen molar-refractivity contribution in [3.8, 4) is 11.3 Å². The topological polar surface area (TPSA) is 84.2 Å². The molecule has 3 rings (SSSR count). The molecule has 0 bridgehead atoms. The fourth-order valence-electron chi connectivity index (χ4n) is 2.45. The number of nitrogens with zero attached hydrogens (tertiary/aromatic N) is 1. The molecule has 0 saturated heterocycles. The second-order valence-electron chi connectivity index (χ2n) is 5.86. The van der Waals surface area contributed by atoms with Gasteiger partial charge in [-0.25, -0.2) is 4.98 Å². The predicted molar refractivity (Wildman–Crippen MR) is 85.5 cm³/mol. The highest BCUT2D eigenvalue weighted by Crippen LogP contribution is 2.37. The van der Waals surface area contributed by atoms with Gasteiger partial charge in [0.15, 0.2) is 12.2 Å². The zero-order valence-electron chi connectivity index (χ0n) is 12.9. The van der Waals surface area contributed by atoms with Crippen molar-refractivity contribution in [3.05, 3.63) is 36.9 Å². The Bertz CT molecular complexity index is 697. The lowest BCUT2D eigenvalue weighted by Crippen LogP contribution is -2.29. The second-order valence-corrected chi connectivity index (χ2v) is 5.86. The van der Waals surface area contributed by atoms with Crippen LogP contribution < -0.4 is 10.6 Å². The summed E-state index contributed by atoms with van der Waals surface area (Å²) >= 11 is 0. The number of hydrogen-bond donors (Lipinski definition) is 2. The molecular weight excluding hydrogens is 294 g/mol. The molecule has 6 heteroatoms. The molecule has 23 heavy (non-hydrogen) atoms. The Morgan fingerprint density at radius 2 is 2.22 bits per heavy atom. The van der Waals surface area contributed by atoms with Gasteiger partial charge in [-0.05, 0) is 24.5 Å². The standard InChI is InChI=1S/C17H19N3O3/c1-11-7-14(11)17(22)19-6-5-16(21)20-13-4-2-3-12(8-13)15-9-18-10-23-15/h2-4,8-11,14H,5-7H2,1H3,(H,19,22)(H,20,21)/t11-,14+/m1/s1. The molecule has 2 N–H and O–H groups in total. The van der Waals surface area contributed by atoms with Crippen LogP contribution in [0.25, 0.3) is 11.3 Å². The molecule has 1 aromatic carbocycles. The molecule has 120 valence electrons. The van der Waals surface area contributed by atoms with E-state index in [1.807, 2.05) is 24.3 Å². The second kappa shape index (κ2) is 6.64. The number of carbonyl (C=O) groups is 2. The number of nitrogens with one attached hydrogen (secondary N) is 2. The third-order valence-electron chi connectivity index (χ3n) is 3.96. The van der Waals surface area contributed by atoms with Gasteiger partial charge in [-0.1, -0.05) is 19.1 Å². The first kappa shape index (κ1) is 15.3. The maximum Gasteiger partial charge on any atom is 0.226 e. The summed E-state index contributed by atoms with van der Waals surface area (Å²) < 4.78 is 5.24. The fourth-order valence-corrected chi connectivity index (χ4v) is 2.45. The van der Waals surface area contributed by atoms with Crippen molar-refractivity contribution in [2.24, 2.45) is 11.8 Å². The lowest BCUT2D eigenvalue weighted by atomic mass is 10.1. The Hall–Kier alpha value is -2.63. The molecule has 1 fully saturated rings. The molecule has 2 aromatic rings. The van der Waals surface area contributed by atoms with Crippen LogP contribution in [0, 0.1) is 11.8 Å². The zero-order valence-corrected chi connectivity index (χ0v) is 12.9. The first-order valence-electron chi connectivity index (χ1n) is 7.70. The maximum atomic E-state index is 11.9. The summed E-state index contributed by atoms with van der Waals surface area (Å²) in [5, 5.41) is 5.62. The van der Waals surface area contributed by atoms with Gasteiger partial charge in [-0.15, -0.1) is 0 Å². The Balaban J connectivity index is 1.48. The Labute approximate surface area is 134 Å². The average Bonchev–Trinajstić information content (AvgIpc) is 3.03. The summed E-state index contributed by atoms with van der Waals surface area (Å²) in [6, 6.07) is 7.35. The van der Waals surface area contributed by atoms with Crippen LogP contribution in [0.2, 0.25) is 0 Å². The molecule has 1 saturated carbocycles. The third-order valence-corrected chi connectivity index (χ3v) is 3.96. The van der Waals surface area contributed by atoms with Crippen LogP contribution in [-0.2, 0) is 9.59 Å². The van der Waals surface area contributed by atoms with E-state index in [0.29, 0.717) is 23.9 Å². The van der Waals surface area contributed by atoms with E-state index >= 15 is 0 Å².